The Bertz CT molecular complexity index is 337. The number of unbranched alkanes of at least 4 members (excludes halogenated alkanes) is 2. The predicted octanol–water partition coefficient (Wildman–Crippen LogP) is 4.15. The molecule has 0 aliphatic heterocycles. The Morgan fingerprint density at radius 2 is 2.00 bits per heavy atom. The lowest BCUT2D eigenvalue weighted by Gasteiger charge is -1.95. The molecule has 0 heterocycles. The summed E-state index contributed by atoms with van der Waals surface area (Å²) in [6.45, 7) is 2.19. The maximum atomic E-state index is 9.48. The van der Waals surface area contributed by atoms with E-state index in [0.717, 1.165) is 12.0 Å². The fourth-order valence-electron chi connectivity index (χ4n) is 1.28. The van der Waals surface area contributed by atoms with Crippen LogP contribution in [0.15, 0.2) is 42.5 Å². The van der Waals surface area contributed by atoms with E-state index in [1.165, 1.54) is 12.8 Å². The zero-order valence-corrected chi connectivity index (χ0v) is 9.19. The van der Waals surface area contributed by atoms with Gasteiger partial charge in [0.05, 0.1) is 0 Å². The zero-order valence-electron chi connectivity index (χ0n) is 9.19. The summed E-state index contributed by atoms with van der Waals surface area (Å²) >= 11 is 0. The first-order chi connectivity index (χ1) is 7.34. The van der Waals surface area contributed by atoms with Gasteiger partial charge in [-0.2, -0.15) is 0 Å². The first-order valence-corrected chi connectivity index (χ1v) is 5.45. The van der Waals surface area contributed by atoms with Gasteiger partial charge < -0.3 is 5.11 Å². The van der Waals surface area contributed by atoms with E-state index < -0.39 is 0 Å². The number of benzene rings is 1. The highest BCUT2D eigenvalue weighted by Crippen LogP contribution is 2.16. The summed E-state index contributed by atoms with van der Waals surface area (Å²) in [5.74, 6) is 0.329. The van der Waals surface area contributed by atoms with Crippen LogP contribution >= 0.6 is 0 Å². The van der Waals surface area contributed by atoms with Gasteiger partial charge in [-0.3, -0.25) is 0 Å². The van der Waals surface area contributed by atoms with E-state index in [1.54, 1.807) is 6.07 Å². The van der Waals surface area contributed by atoms with Crippen LogP contribution < -0.4 is 0 Å². The fraction of sp³-hybridized carbons (Fsp3) is 0.286. The molecule has 0 aliphatic carbocycles. The van der Waals surface area contributed by atoms with Crippen molar-refractivity contribution in [2.24, 2.45) is 0 Å². The predicted molar refractivity (Wildman–Crippen MR) is 65.8 cm³/mol. The standard InChI is InChI=1S/C14H18O/c1-2-3-4-5-6-7-10-13-11-8-9-12-14(13)15/h5-12,15H,2-4H2,1H3. The highest BCUT2D eigenvalue weighted by molar-refractivity contribution is 5.57. The minimum Gasteiger partial charge on any atom is -0.507 e. The SMILES string of the molecule is CCCCC=CC=Cc1ccccc1O. The molecular formula is C14H18O. The van der Waals surface area contributed by atoms with Crippen LogP contribution in [0.2, 0.25) is 0 Å². The van der Waals surface area contributed by atoms with Crippen LogP contribution in [0.5, 0.6) is 5.75 Å². The molecule has 0 saturated heterocycles. The highest BCUT2D eigenvalue weighted by Gasteiger charge is 1.91. The van der Waals surface area contributed by atoms with Gasteiger partial charge in [-0.05, 0) is 12.5 Å². The zero-order chi connectivity index (χ0) is 10.9. The van der Waals surface area contributed by atoms with Gasteiger partial charge in [0.2, 0.25) is 0 Å². The summed E-state index contributed by atoms with van der Waals surface area (Å²) in [4.78, 5) is 0. The maximum absolute atomic E-state index is 9.48. The molecule has 1 N–H and O–H groups in total. The molecule has 1 rings (SSSR count). The van der Waals surface area contributed by atoms with Crippen LogP contribution in [0.25, 0.3) is 6.08 Å². The Labute approximate surface area is 91.8 Å². The van der Waals surface area contributed by atoms with Gasteiger partial charge in [-0.15, -0.1) is 0 Å². The largest absolute Gasteiger partial charge is 0.507 e. The summed E-state index contributed by atoms with van der Waals surface area (Å²) in [7, 11) is 0. The average Bonchev–Trinajstić information content (AvgIpc) is 2.25. The summed E-state index contributed by atoms with van der Waals surface area (Å²) in [5.41, 5.74) is 0.859. The van der Waals surface area contributed by atoms with Crippen molar-refractivity contribution in [1.82, 2.24) is 0 Å². The van der Waals surface area contributed by atoms with Crippen LogP contribution in [0.1, 0.15) is 31.7 Å². The second kappa shape index (κ2) is 6.88. The van der Waals surface area contributed by atoms with Gasteiger partial charge in [0.15, 0.2) is 0 Å². The van der Waals surface area contributed by atoms with Crippen LogP contribution in [-0.4, -0.2) is 5.11 Å². The molecule has 80 valence electrons. The van der Waals surface area contributed by atoms with E-state index in [1.807, 2.05) is 36.4 Å². The van der Waals surface area contributed by atoms with Crippen LogP contribution in [0.4, 0.5) is 0 Å². The lowest BCUT2D eigenvalue weighted by atomic mass is 10.2. The minimum absolute atomic E-state index is 0.329. The Morgan fingerprint density at radius 3 is 2.73 bits per heavy atom. The number of hydrogen-bond acceptors (Lipinski definition) is 1. The number of hydrogen-bond donors (Lipinski definition) is 1. The van der Waals surface area contributed by atoms with Gasteiger partial charge in [0.25, 0.3) is 0 Å². The smallest absolute Gasteiger partial charge is 0.122 e. The van der Waals surface area contributed by atoms with E-state index in [2.05, 4.69) is 13.0 Å². The molecular weight excluding hydrogens is 184 g/mol. The third-order valence-electron chi connectivity index (χ3n) is 2.18. The molecule has 0 atom stereocenters. The molecule has 1 heteroatoms. The molecule has 15 heavy (non-hydrogen) atoms. The highest BCUT2D eigenvalue weighted by atomic mass is 16.3. The molecule has 0 radical (unpaired) electrons. The Morgan fingerprint density at radius 1 is 1.20 bits per heavy atom. The number of allylic oxidation sites excluding steroid dienone is 3. The van der Waals surface area contributed by atoms with Crippen LogP contribution in [0, 0.1) is 0 Å². The van der Waals surface area contributed by atoms with Crippen molar-refractivity contribution in [2.75, 3.05) is 0 Å². The van der Waals surface area contributed by atoms with Crippen molar-refractivity contribution in [3.05, 3.63) is 48.1 Å². The van der Waals surface area contributed by atoms with Gasteiger partial charge in [-0.25, -0.2) is 0 Å². The number of rotatable bonds is 5. The van der Waals surface area contributed by atoms with E-state index in [0.29, 0.717) is 5.75 Å². The molecule has 0 bridgehead atoms. The summed E-state index contributed by atoms with van der Waals surface area (Å²) in [6, 6.07) is 7.33. The van der Waals surface area contributed by atoms with Crippen molar-refractivity contribution >= 4 is 6.08 Å². The van der Waals surface area contributed by atoms with E-state index in [9.17, 15) is 5.11 Å². The lowest BCUT2D eigenvalue weighted by Crippen LogP contribution is -1.71. The molecule has 0 aliphatic rings. The molecule has 0 fully saturated rings. The third kappa shape index (κ3) is 4.50. The molecule has 1 aromatic carbocycles. The summed E-state index contributed by atoms with van der Waals surface area (Å²) in [5, 5.41) is 9.48. The summed E-state index contributed by atoms with van der Waals surface area (Å²) in [6.07, 6.45) is 11.7. The molecule has 1 nitrogen and oxygen atoms in total. The average molecular weight is 202 g/mol. The van der Waals surface area contributed by atoms with Crippen LogP contribution in [0.3, 0.4) is 0 Å². The number of aromatic hydroxyl groups is 1. The first kappa shape index (κ1) is 11.6. The molecule has 0 unspecified atom stereocenters. The number of phenols is 1. The van der Waals surface area contributed by atoms with Crippen LogP contribution in [-0.2, 0) is 0 Å². The Hall–Kier alpha value is -1.50. The van der Waals surface area contributed by atoms with Crippen molar-refractivity contribution in [2.45, 2.75) is 26.2 Å². The van der Waals surface area contributed by atoms with E-state index in [-0.39, 0.29) is 0 Å². The molecule has 0 spiro atoms. The molecule has 1 aromatic rings. The number of phenolic OH excluding ortho intramolecular Hbond substituents is 1. The topological polar surface area (TPSA) is 20.2 Å². The van der Waals surface area contributed by atoms with Gasteiger partial charge >= 0.3 is 0 Å². The molecule has 0 saturated carbocycles. The number of para-hydroxylation sites is 1. The molecule has 0 aromatic heterocycles. The lowest BCUT2D eigenvalue weighted by molar-refractivity contribution is 0.474. The van der Waals surface area contributed by atoms with Crippen molar-refractivity contribution in [1.29, 1.82) is 0 Å². The van der Waals surface area contributed by atoms with E-state index >= 15 is 0 Å². The van der Waals surface area contributed by atoms with Gasteiger partial charge in [0.1, 0.15) is 5.75 Å². The molecule has 0 amide bonds. The third-order valence-corrected chi connectivity index (χ3v) is 2.18. The monoisotopic (exact) mass is 202 g/mol. The van der Waals surface area contributed by atoms with E-state index in [4.69, 9.17) is 0 Å². The van der Waals surface area contributed by atoms with Gasteiger partial charge in [0, 0.05) is 5.56 Å². The first-order valence-electron chi connectivity index (χ1n) is 5.45. The Kier molecular flexibility index (Phi) is 5.31. The summed E-state index contributed by atoms with van der Waals surface area (Å²) < 4.78 is 0. The van der Waals surface area contributed by atoms with Gasteiger partial charge in [-0.1, -0.05) is 62.3 Å². The minimum atomic E-state index is 0.329. The quantitative estimate of drug-likeness (QED) is 0.561. The van der Waals surface area contributed by atoms with Crippen molar-refractivity contribution in [3.8, 4) is 5.75 Å². The maximum Gasteiger partial charge on any atom is 0.122 e. The normalized spacial score (nSPS) is 11.5. The Balaban J connectivity index is 2.44. The second-order valence-corrected chi connectivity index (χ2v) is 3.49. The van der Waals surface area contributed by atoms with Crippen molar-refractivity contribution < 1.29 is 5.11 Å². The van der Waals surface area contributed by atoms with Crippen molar-refractivity contribution in [3.63, 3.8) is 0 Å². The second-order valence-electron chi connectivity index (χ2n) is 3.49. The fourth-order valence-corrected chi connectivity index (χ4v) is 1.28.